The Hall–Kier alpha value is 0.270. The van der Waals surface area contributed by atoms with Crippen LogP contribution < -0.4 is 0 Å². The molecule has 0 bridgehead atoms. The molecular formula is C11H13BrClFS. The Bertz CT molecular complexity index is 319. The maximum Gasteiger partial charge on any atom is 0.128 e. The van der Waals surface area contributed by atoms with Crippen LogP contribution in [0.4, 0.5) is 4.39 Å². The molecule has 1 unspecified atom stereocenters. The normalized spacial score (nSPS) is 12.8. The fraction of sp³-hybridized carbons (Fsp3) is 0.455. The van der Waals surface area contributed by atoms with E-state index in [0.29, 0.717) is 16.9 Å². The molecule has 0 aromatic heterocycles. The topological polar surface area (TPSA) is 0 Å². The van der Waals surface area contributed by atoms with Crippen molar-refractivity contribution in [3.8, 4) is 0 Å². The SMILES string of the molecule is CC(CCCl)SCc1ccc(Br)cc1F. The third-order valence-corrected chi connectivity index (χ3v) is 4.05. The fourth-order valence-electron chi connectivity index (χ4n) is 1.11. The second kappa shape index (κ2) is 6.77. The first-order valence-electron chi connectivity index (χ1n) is 4.75. The van der Waals surface area contributed by atoms with Gasteiger partial charge in [-0.05, 0) is 24.1 Å². The van der Waals surface area contributed by atoms with Gasteiger partial charge in [-0.25, -0.2) is 4.39 Å². The van der Waals surface area contributed by atoms with Crippen molar-refractivity contribution in [3.05, 3.63) is 34.1 Å². The Balaban J connectivity index is 2.50. The van der Waals surface area contributed by atoms with Crippen molar-refractivity contribution in [3.63, 3.8) is 0 Å². The molecule has 1 atom stereocenters. The van der Waals surface area contributed by atoms with Gasteiger partial charge in [-0.3, -0.25) is 0 Å². The van der Waals surface area contributed by atoms with Crippen LogP contribution in [0.3, 0.4) is 0 Å². The van der Waals surface area contributed by atoms with Crippen LogP contribution in [-0.2, 0) is 5.75 Å². The van der Waals surface area contributed by atoms with Crippen molar-refractivity contribution >= 4 is 39.3 Å². The summed E-state index contributed by atoms with van der Waals surface area (Å²) < 4.78 is 14.2. The van der Waals surface area contributed by atoms with Crippen LogP contribution in [0.1, 0.15) is 18.9 Å². The number of hydrogen-bond acceptors (Lipinski definition) is 1. The summed E-state index contributed by atoms with van der Waals surface area (Å²) >= 11 is 10.6. The minimum Gasteiger partial charge on any atom is -0.207 e. The molecule has 1 aromatic rings. The monoisotopic (exact) mass is 310 g/mol. The first-order chi connectivity index (χ1) is 7.13. The van der Waals surface area contributed by atoms with Crippen molar-refractivity contribution in [1.82, 2.24) is 0 Å². The second-order valence-corrected chi connectivity index (χ2v) is 6.06. The van der Waals surface area contributed by atoms with Gasteiger partial charge in [0.15, 0.2) is 0 Å². The molecule has 4 heteroatoms. The average Bonchev–Trinajstić information content (AvgIpc) is 2.17. The lowest BCUT2D eigenvalue weighted by molar-refractivity contribution is 0.616. The molecule has 0 nitrogen and oxygen atoms in total. The van der Waals surface area contributed by atoms with Gasteiger partial charge in [-0.15, -0.1) is 11.6 Å². The van der Waals surface area contributed by atoms with E-state index < -0.39 is 0 Å². The molecule has 0 aliphatic rings. The molecule has 0 N–H and O–H groups in total. The quantitative estimate of drug-likeness (QED) is 0.701. The number of thioether (sulfide) groups is 1. The van der Waals surface area contributed by atoms with E-state index in [1.54, 1.807) is 11.8 Å². The number of alkyl halides is 1. The van der Waals surface area contributed by atoms with Crippen molar-refractivity contribution in [1.29, 1.82) is 0 Å². The molecule has 84 valence electrons. The molecule has 0 saturated carbocycles. The van der Waals surface area contributed by atoms with Gasteiger partial charge in [-0.1, -0.05) is 28.9 Å². The average molecular weight is 312 g/mol. The molecule has 0 heterocycles. The van der Waals surface area contributed by atoms with Gasteiger partial charge in [0.1, 0.15) is 5.82 Å². The van der Waals surface area contributed by atoms with Gasteiger partial charge in [0.25, 0.3) is 0 Å². The number of benzene rings is 1. The maximum atomic E-state index is 13.4. The van der Waals surface area contributed by atoms with Gasteiger partial charge < -0.3 is 0 Å². The van der Waals surface area contributed by atoms with Gasteiger partial charge in [-0.2, -0.15) is 11.8 Å². The molecule has 0 spiro atoms. The van der Waals surface area contributed by atoms with Crippen molar-refractivity contribution in [2.75, 3.05) is 5.88 Å². The predicted molar refractivity (Wildman–Crippen MR) is 70.2 cm³/mol. The van der Waals surface area contributed by atoms with Crippen molar-refractivity contribution in [2.24, 2.45) is 0 Å². The Labute approximate surface area is 108 Å². The van der Waals surface area contributed by atoms with Crippen LogP contribution in [0.15, 0.2) is 22.7 Å². The third-order valence-electron chi connectivity index (χ3n) is 2.05. The highest BCUT2D eigenvalue weighted by atomic mass is 79.9. The Morgan fingerprint density at radius 2 is 2.27 bits per heavy atom. The zero-order valence-corrected chi connectivity index (χ0v) is 11.6. The van der Waals surface area contributed by atoms with Crippen LogP contribution in [0.5, 0.6) is 0 Å². The zero-order chi connectivity index (χ0) is 11.3. The highest BCUT2D eigenvalue weighted by Gasteiger charge is 2.06. The number of hydrogen-bond donors (Lipinski definition) is 0. The van der Waals surface area contributed by atoms with E-state index in [1.165, 1.54) is 6.07 Å². The summed E-state index contributed by atoms with van der Waals surface area (Å²) in [6.07, 6.45) is 0.963. The van der Waals surface area contributed by atoms with Crippen LogP contribution in [0.2, 0.25) is 0 Å². The fourth-order valence-corrected chi connectivity index (χ4v) is 2.88. The van der Waals surface area contributed by atoms with E-state index in [0.717, 1.165) is 16.5 Å². The Kier molecular flexibility index (Phi) is 6.02. The third kappa shape index (κ3) is 4.75. The molecule has 0 fully saturated rings. The Morgan fingerprint density at radius 3 is 2.87 bits per heavy atom. The summed E-state index contributed by atoms with van der Waals surface area (Å²) in [7, 11) is 0. The summed E-state index contributed by atoms with van der Waals surface area (Å²) in [6.45, 7) is 2.11. The lowest BCUT2D eigenvalue weighted by Gasteiger charge is -2.09. The lowest BCUT2D eigenvalue weighted by atomic mass is 10.2. The smallest absolute Gasteiger partial charge is 0.128 e. The molecule has 1 aromatic carbocycles. The summed E-state index contributed by atoms with van der Waals surface area (Å²) in [5, 5.41) is 0.477. The summed E-state index contributed by atoms with van der Waals surface area (Å²) in [5.41, 5.74) is 0.754. The van der Waals surface area contributed by atoms with Gasteiger partial charge in [0, 0.05) is 21.4 Å². The first-order valence-corrected chi connectivity index (χ1v) is 7.12. The molecule has 0 aliphatic heterocycles. The largest absolute Gasteiger partial charge is 0.207 e. The first kappa shape index (κ1) is 13.3. The standard InChI is InChI=1S/C11H13BrClFS/c1-8(4-5-13)15-7-9-2-3-10(12)6-11(9)14/h2-3,6,8H,4-5,7H2,1H3. The molecular weight excluding hydrogens is 299 g/mol. The molecule has 15 heavy (non-hydrogen) atoms. The molecule has 0 aliphatic carbocycles. The van der Waals surface area contributed by atoms with Gasteiger partial charge in [0.2, 0.25) is 0 Å². The molecule has 1 rings (SSSR count). The minimum atomic E-state index is -0.144. The lowest BCUT2D eigenvalue weighted by Crippen LogP contribution is -1.98. The highest BCUT2D eigenvalue weighted by molar-refractivity contribution is 9.10. The molecule has 0 saturated heterocycles. The van der Waals surface area contributed by atoms with Crippen molar-refractivity contribution in [2.45, 2.75) is 24.3 Å². The zero-order valence-electron chi connectivity index (χ0n) is 8.47. The van der Waals surface area contributed by atoms with Crippen LogP contribution >= 0.6 is 39.3 Å². The van der Waals surface area contributed by atoms with E-state index in [2.05, 4.69) is 22.9 Å². The van der Waals surface area contributed by atoms with Crippen LogP contribution in [0, 0.1) is 5.82 Å². The van der Waals surface area contributed by atoms with Gasteiger partial charge >= 0.3 is 0 Å². The molecule has 0 amide bonds. The Morgan fingerprint density at radius 1 is 1.53 bits per heavy atom. The summed E-state index contributed by atoms with van der Waals surface area (Å²) in [4.78, 5) is 0. The molecule has 0 radical (unpaired) electrons. The number of halogens is 3. The van der Waals surface area contributed by atoms with Gasteiger partial charge in [0.05, 0.1) is 0 Å². The van der Waals surface area contributed by atoms with E-state index in [4.69, 9.17) is 11.6 Å². The van der Waals surface area contributed by atoms with E-state index in [9.17, 15) is 4.39 Å². The van der Waals surface area contributed by atoms with Crippen LogP contribution in [0.25, 0.3) is 0 Å². The highest BCUT2D eigenvalue weighted by Crippen LogP contribution is 2.23. The second-order valence-electron chi connectivity index (χ2n) is 3.34. The van der Waals surface area contributed by atoms with E-state index in [1.807, 2.05) is 12.1 Å². The summed E-state index contributed by atoms with van der Waals surface area (Å²) in [6, 6.07) is 5.19. The minimum absolute atomic E-state index is 0.144. The van der Waals surface area contributed by atoms with Crippen molar-refractivity contribution < 1.29 is 4.39 Å². The maximum absolute atomic E-state index is 13.4. The number of rotatable bonds is 5. The van der Waals surface area contributed by atoms with Crippen LogP contribution in [-0.4, -0.2) is 11.1 Å². The summed E-state index contributed by atoms with van der Waals surface area (Å²) in [5.74, 6) is 1.23. The predicted octanol–water partition coefficient (Wildman–Crippen LogP) is 4.84. The van der Waals surface area contributed by atoms with E-state index >= 15 is 0 Å². The van der Waals surface area contributed by atoms with E-state index in [-0.39, 0.29) is 5.82 Å².